The molecule has 6 heteroatoms. The van der Waals surface area contributed by atoms with Crippen LogP contribution in [-0.4, -0.2) is 26.2 Å². The minimum absolute atomic E-state index is 0.157. The Kier molecular flexibility index (Phi) is 6.97. The second kappa shape index (κ2) is 8.29. The smallest absolute Gasteiger partial charge is 0.311 e. The molecule has 0 fully saturated rings. The summed E-state index contributed by atoms with van der Waals surface area (Å²) in [5.41, 5.74) is 0.266. The van der Waals surface area contributed by atoms with Gasteiger partial charge in [-0.05, 0) is 59.1 Å². The molecule has 1 unspecified atom stereocenters. The summed E-state index contributed by atoms with van der Waals surface area (Å²) in [6.45, 7) is 7.45. The Morgan fingerprint density at radius 2 is 1.88 bits per heavy atom. The largest absolute Gasteiger partial charge is 0.466 e. The minimum atomic E-state index is -3.69. The highest BCUT2D eigenvalue weighted by atomic mass is 32.2. The Hall–Kier alpha value is -1.87. The van der Waals surface area contributed by atoms with Crippen LogP contribution < -0.4 is 0 Å². The van der Waals surface area contributed by atoms with E-state index in [9.17, 15) is 18.5 Å². The highest BCUT2D eigenvalue weighted by molar-refractivity contribution is 7.92. The fourth-order valence-electron chi connectivity index (χ4n) is 2.34. The van der Waals surface area contributed by atoms with Crippen molar-refractivity contribution in [3.8, 4) is 6.07 Å². The highest BCUT2D eigenvalue weighted by Crippen LogP contribution is 2.27. The molecule has 0 aromatic heterocycles. The summed E-state index contributed by atoms with van der Waals surface area (Å²) in [7, 11) is -3.69. The van der Waals surface area contributed by atoms with Crippen LogP contribution >= 0.6 is 0 Å². The first-order valence-corrected chi connectivity index (χ1v) is 9.57. The van der Waals surface area contributed by atoms with Crippen molar-refractivity contribution in [1.29, 1.82) is 5.26 Å². The first-order valence-electron chi connectivity index (χ1n) is 8.02. The molecule has 0 aliphatic heterocycles. The monoisotopic (exact) mass is 351 g/mol. The van der Waals surface area contributed by atoms with Gasteiger partial charge in [-0.15, -0.1) is 0 Å². The highest BCUT2D eigenvalue weighted by Gasteiger charge is 2.31. The van der Waals surface area contributed by atoms with Gasteiger partial charge >= 0.3 is 5.97 Å². The molecule has 5 nitrogen and oxygen atoms in total. The molecule has 132 valence electrons. The van der Waals surface area contributed by atoms with Crippen LogP contribution in [0, 0.1) is 23.7 Å². The van der Waals surface area contributed by atoms with Crippen molar-refractivity contribution in [2.45, 2.75) is 57.1 Å². The van der Waals surface area contributed by atoms with Gasteiger partial charge in [0.25, 0.3) is 0 Å². The number of sulfone groups is 1. The number of carbonyl (C=O) groups is 1. The van der Waals surface area contributed by atoms with Crippen molar-refractivity contribution >= 4 is 15.8 Å². The van der Waals surface area contributed by atoms with Crippen molar-refractivity contribution in [3.05, 3.63) is 29.8 Å². The fourth-order valence-corrected chi connectivity index (χ4v) is 3.80. The van der Waals surface area contributed by atoms with E-state index in [0.29, 0.717) is 19.4 Å². The lowest BCUT2D eigenvalue weighted by molar-refractivity contribution is -0.153. The molecule has 0 aliphatic carbocycles. The van der Waals surface area contributed by atoms with Crippen LogP contribution in [0.5, 0.6) is 0 Å². The number of carbonyl (C=O) groups excluding carboxylic acids is 1. The molecule has 0 radical (unpaired) electrons. The summed E-state index contributed by atoms with van der Waals surface area (Å²) in [4.78, 5) is 12.0. The maximum atomic E-state index is 12.6. The predicted molar refractivity (Wildman–Crippen MR) is 92.0 cm³/mol. The van der Waals surface area contributed by atoms with E-state index in [2.05, 4.69) is 0 Å². The Morgan fingerprint density at radius 1 is 1.29 bits per heavy atom. The molecule has 0 spiro atoms. The number of benzene rings is 1. The van der Waals surface area contributed by atoms with Gasteiger partial charge in [-0.2, -0.15) is 5.26 Å². The molecule has 0 N–H and O–H groups in total. The third kappa shape index (κ3) is 5.07. The number of rotatable bonds is 8. The van der Waals surface area contributed by atoms with Gasteiger partial charge in [-0.3, -0.25) is 4.79 Å². The zero-order valence-electron chi connectivity index (χ0n) is 14.7. The lowest BCUT2D eigenvalue weighted by Gasteiger charge is -2.22. The third-order valence-electron chi connectivity index (χ3n) is 3.96. The molecule has 1 atom stereocenters. The van der Waals surface area contributed by atoms with E-state index < -0.39 is 20.5 Å². The average molecular weight is 351 g/mol. The molecule has 1 rings (SSSR count). The molecule has 1 aromatic rings. The first kappa shape index (κ1) is 20.2. The van der Waals surface area contributed by atoms with E-state index in [-0.39, 0.29) is 17.3 Å². The second-order valence-corrected chi connectivity index (χ2v) is 8.60. The van der Waals surface area contributed by atoms with Crippen molar-refractivity contribution in [3.63, 3.8) is 0 Å². The molecule has 0 bridgehead atoms. The van der Waals surface area contributed by atoms with Crippen molar-refractivity contribution in [2.24, 2.45) is 5.41 Å². The topological polar surface area (TPSA) is 84.2 Å². The van der Waals surface area contributed by atoms with Gasteiger partial charge in [-0.25, -0.2) is 8.42 Å². The van der Waals surface area contributed by atoms with Crippen molar-refractivity contribution in [2.75, 3.05) is 6.61 Å². The Bertz CT molecular complexity index is 700. The standard InChI is InChI=1S/C18H25NO4S/c1-5-23-17(20)18(3,4)12-6-7-16(13-19)24(21,22)15-10-8-14(2)9-11-15/h8-11,16H,5-7,12H2,1-4H3. The summed E-state index contributed by atoms with van der Waals surface area (Å²) in [5.74, 6) is -0.306. The summed E-state index contributed by atoms with van der Waals surface area (Å²) in [6.07, 6.45) is 1.11. The normalized spacial score (nSPS) is 13.1. The van der Waals surface area contributed by atoms with Gasteiger partial charge in [0.2, 0.25) is 0 Å². The van der Waals surface area contributed by atoms with Crippen molar-refractivity contribution in [1.82, 2.24) is 0 Å². The third-order valence-corrected chi connectivity index (χ3v) is 5.98. The molecule has 0 saturated carbocycles. The molecule has 0 heterocycles. The van der Waals surface area contributed by atoms with Gasteiger partial charge in [0.15, 0.2) is 15.1 Å². The number of hydrogen-bond acceptors (Lipinski definition) is 5. The van der Waals surface area contributed by atoms with Gasteiger partial charge in [-0.1, -0.05) is 17.7 Å². The first-order chi connectivity index (χ1) is 11.1. The van der Waals surface area contributed by atoms with Gasteiger partial charge in [0.05, 0.1) is 23.0 Å². The summed E-state index contributed by atoms with van der Waals surface area (Å²) in [6, 6.07) is 8.37. The van der Waals surface area contributed by atoms with Gasteiger partial charge in [0, 0.05) is 0 Å². The summed E-state index contributed by atoms with van der Waals surface area (Å²) >= 11 is 0. The number of nitriles is 1. The number of nitrogens with zero attached hydrogens (tertiary/aromatic N) is 1. The molecular formula is C18H25NO4S. The summed E-state index contributed by atoms with van der Waals surface area (Å²) < 4.78 is 30.1. The SMILES string of the molecule is CCOC(=O)C(C)(C)CCCC(C#N)S(=O)(=O)c1ccc(C)cc1. The number of hydrogen-bond donors (Lipinski definition) is 0. The number of esters is 1. The Labute approximate surface area is 144 Å². The molecule has 1 aromatic carbocycles. The second-order valence-electron chi connectivity index (χ2n) is 6.47. The molecular weight excluding hydrogens is 326 g/mol. The fraction of sp³-hybridized carbons (Fsp3) is 0.556. The lowest BCUT2D eigenvalue weighted by atomic mass is 9.87. The maximum absolute atomic E-state index is 12.6. The van der Waals surface area contributed by atoms with Gasteiger partial charge < -0.3 is 4.74 Å². The van der Waals surface area contributed by atoms with E-state index in [4.69, 9.17) is 4.74 Å². The van der Waals surface area contributed by atoms with Crippen LogP contribution in [0.1, 0.15) is 45.6 Å². The van der Waals surface area contributed by atoms with Crippen LogP contribution in [0.25, 0.3) is 0 Å². The molecule has 0 saturated heterocycles. The number of aryl methyl sites for hydroxylation is 1. The Morgan fingerprint density at radius 3 is 2.38 bits per heavy atom. The van der Waals surface area contributed by atoms with E-state index in [1.54, 1.807) is 32.9 Å². The maximum Gasteiger partial charge on any atom is 0.311 e. The zero-order valence-corrected chi connectivity index (χ0v) is 15.5. The van der Waals surface area contributed by atoms with E-state index >= 15 is 0 Å². The van der Waals surface area contributed by atoms with E-state index in [0.717, 1.165) is 5.56 Å². The average Bonchev–Trinajstić information content (AvgIpc) is 2.52. The van der Waals surface area contributed by atoms with Crippen LogP contribution in [0.15, 0.2) is 29.2 Å². The quantitative estimate of drug-likeness (QED) is 0.670. The van der Waals surface area contributed by atoms with Crippen LogP contribution in [-0.2, 0) is 19.4 Å². The molecule has 24 heavy (non-hydrogen) atoms. The van der Waals surface area contributed by atoms with E-state index in [1.807, 2.05) is 13.0 Å². The van der Waals surface area contributed by atoms with Crippen LogP contribution in [0.4, 0.5) is 0 Å². The van der Waals surface area contributed by atoms with E-state index in [1.165, 1.54) is 12.1 Å². The zero-order chi connectivity index (χ0) is 18.4. The van der Waals surface area contributed by atoms with Crippen molar-refractivity contribution < 1.29 is 17.9 Å². The number of ether oxygens (including phenoxy) is 1. The van der Waals surface area contributed by atoms with Crippen LogP contribution in [0.3, 0.4) is 0 Å². The molecule has 0 aliphatic rings. The molecule has 0 amide bonds. The van der Waals surface area contributed by atoms with Crippen LogP contribution in [0.2, 0.25) is 0 Å². The predicted octanol–water partition coefficient (Wildman–Crippen LogP) is 3.42. The Balaban J connectivity index is 2.76. The minimum Gasteiger partial charge on any atom is -0.466 e. The van der Waals surface area contributed by atoms with Gasteiger partial charge in [0.1, 0.15) is 0 Å². The lowest BCUT2D eigenvalue weighted by Crippen LogP contribution is -2.27. The summed E-state index contributed by atoms with van der Waals surface area (Å²) in [5, 5.41) is 8.17.